The van der Waals surface area contributed by atoms with E-state index in [-0.39, 0.29) is 5.78 Å². The standard InChI is InChI=1S/C15H24N2O/c1-5-12(6-2)17-15-13(8-7-9-16-15)14(18)10-11(3)4/h7-9,11-12H,5-6,10H2,1-4H3,(H,16,17). The smallest absolute Gasteiger partial charge is 0.166 e. The van der Waals surface area contributed by atoms with Crippen molar-refractivity contribution in [2.75, 3.05) is 5.32 Å². The van der Waals surface area contributed by atoms with Crippen LogP contribution < -0.4 is 5.32 Å². The molecule has 0 saturated carbocycles. The van der Waals surface area contributed by atoms with Crippen molar-refractivity contribution in [2.24, 2.45) is 5.92 Å². The maximum absolute atomic E-state index is 12.2. The van der Waals surface area contributed by atoms with Crippen LogP contribution in [0.2, 0.25) is 0 Å². The molecular weight excluding hydrogens is 224 g/mol. The van der Waals surface area contributed by atoms with Crippen LogP contribution in [0.4, 0.5) is 5.82 Å². The first-order chi connectivity index (χ1) is 8.58. The van der Waals surface area contributed by atoms with E-state index >= 15 is 0 Å². The van der Waals surface area contributed by atoms with Gasteiger partial charge in [-0.2, -0.15) is 0 Å². The molecule has 0 amide bonds. The fraction of sp³-hybridized carbons (Fsp3) is 0.600. The summed E-state index contributed by atoms with van der Waals surface area (Å²) in [6.45, 7) is 8.39. The molecule has 0 aliphatic carbocycles. The summed E-state index contributed by atoms with van der Waals surface area (Å²) in [5.74, 6) is 1.28. The van der Waals surface area contributed by atoms with Crippen molar-refractivity contribution < 1.29 is 4.79 Å². The molecule has 18 heavy (non-hydrogen) atoms. The summed E-state index contributed by atoms with van der Waals surface area (Å²) in [5.41, 5.74) is 0.720. The van der Waals surface area contributed by atoms with E-state index in [1.165, 1.54) is 0 Å². The van der Waals surface area contributed by atoms with E-state index in [1.54, 1.807) is 6.20 Å². The summed E-state index contributed by atoms with van der Waals surface area (Å²) in [6, 6.07) is 4.07. The Morgan fingerprint density at radius 3 is 2.56 bits per heavy atom. The van der Waals surface area contributed by atoms with Crippen molar-refractivity contribution in [3.05, 3.63) is 23.9 Å². The quantitative estimate of drug-likeness (QED) is 0.744. The molecule has 0 atom stereocenters. The molecule has 0 spiro atoms. The Bertz CT molecular complexity index is 384. The molecule has 0 unspecified atom stereocenters. The van der Waals surface area contributed by atoms with E-state index in [4.69, 9.17) is 0 Å². The zero-order valence-electron chi connectivity index (χ0n) is 11.9. The van der Waals surface area contributed by atoms with Crippen LogP contribution in [-0.4, -0.2) is 16.8 Å². The molecule has 0 radical (unpaired) electrons. The van der Waals surface area contributed by atoms with E-state index < -0.39 is 0 Å². The van der Waals surface area contributed by atoms with Crippen molar-refractivity contribution >= 4 is 11.6 Å². The highest BCUT2D eigenvalue weighted by Crippen LogP contribution is 2.18. The van der Waals surface area contributed by atoms with Gasteiger partial charge < -0.3 is 5.32 Å². The van der Waals surface area contributed by atoms with Gasteiger partial charge in [-0.05, 0) is 30.9 Å². The molecular formula is C15H24N2O. The molecule has 1 aromatic rings. The Morgan fingerprint density at radius 1 is 1.33 bits per heavy atom. The first kappa shape index (κ1) is 14.7. The van der Waals surface area contributed by atoms with Gasteiger partial charge in [-0.15, -0.1) is 0 Å². The van der Waals surface area contributed by atoms with E-state index in [0.717, 1.165) is 24.2 Å². The van der Waals surface area contributed by atoms with Gasteiger partial charge in [0, 0.05) is 18.7 Å². The molecule has 1 heterocycles. The molecule has 0 bridgehead atoms. The number of anilines is 1. The van der Waals surface area contributed by atoms with Crippen LogP contribution in [0, 0.1) is 5.92 Å². The Labute approximate surface area is 110 Å². The number of Topliss-reactive ketones (excluding diaryl/α,β-unsaturated/α-hetero) is 1. The second kappa shape index (κ2) is 7.14. The lowest BCUT2D eigenvalue weighted by molar-refractivity contribution is 0.0968. The maximum Gasteiger partial charge on any atom is 0.166 e. The van der Waals surface area contributed by atoms with E-state index in [2.05, 4.69) is 38.0 Å². The minimum atomic E-state index is 0.173. The first-order valence-electron chi connectivity index (χ1n) is 6.83. The highest BCUT2D eigenvalue weighted by molar-refractivity contribution is 6.00. The predicted molar refractivity (Wildman–Crippen MR) is 76.0 cm³/mol. The highest BCUT2D eigenvalue weighted by atomic mass is 16.1. The van der Waals surface area contributed by atoms with Gasteiger partial charge in [0.15, 0.2) is 5.78 Å². The molecule has 100 valence electrons. The van der Waals surface area contributed by atoms with Gasteiger partial charge >= 0.3 is 0 Å². The summed E-state index contributed by atoms with van der Waals surface area (Å²) >= 11 is 0. The number of hydrogen-bond acceptors (Lipinski definition) is 3. The number of nitrogens with zero attached hydrogens (tertiary/aromatic N) is 1. The lowest BCUT2D eigenvalue weighted by Gasteiger charge is -2.17. The van der Waals surface area contributed by atoms with Crippen LogP contribution in [0.5, 0.6) is 0 Å². The van der Waals surface area contributed by atoms with Crippen LogP contribution in [0.15, 0.2) is 18.3 Å². The highest BCUT2D eigenvalue weighted by Gasteiger charge is 2.15. The summed E-state index contributed by atoms with van der Waals surface area (Å²) in [4.78, 5) is 16.5. The Kier molecular flexibility index (Phi) is 5.83. The van der Waals surface area contributed by atoms with Crippen LogP contribution in [0.3, 0.4) is 0 Å². The van der Waals surface area contributed by atoms with E-state index in [0.29, 0.717) is 18.4 Å². The summed E-state index contributed by atoms with van der Waals surface area (Å²) in [5, 5.41) is 3.37. The number of aromatic nitrogens is 1. The minimum absolute atomic E-state index is 0.173. The monoisotopic (exact) mass is 248 g/mol. The lowest BCUT2D eigenvalue weighted by Crippen LogP contribution is -2.20. The number of nitrogens with one attached hydrogen (secondary N) is 1. The molecule has 1 N–H and O–H groups in total. The Hall–Kier alpha value is -1.38. The third-order valence-electron chi connectivity index (χ3n) is 3.03. The van der Waals surface area contributed by atoms with Crippen molar-refractivity contribution in [3.63, 3.8) is 0 Å². The summed E-state index contributed by atoms with van der Waals surface area (Å²) in [7, 11) is 0. The second-order valence-corrected chi connectivity index (χ2v) is 5.08. The summed E-state index contributed by atoms with van der Waals surface area (Å²) in [6.07, 6.45) is 4.37. The van der Waals surface area contributed by atoms with Gasteiger partial charge in [0.05, 0.1) is 5.56 Å². The van der Waals surface area contributed by atoms with Crippen LogP contribution in [-0.2, 0) is 0 Å². The zero-order chi connectivity index (χ0) is 13.5. The third kappa shape index (κ3) is 4.13. The average Bonchev–Trinajstić information content (AvgIpc) is 2.35. The minimum Gasteiger partial charge on any atom is -0.367 e. The number of rotatable bonds is 7. The van der Waals surface area contributed by atoms with E-state index in [9.17, 15) is 4.79 Å². The van der Waals surface area contributed by atoms with E-state index in [1.807, 2.05) is 12.1 Å². The molecule has 1 rings (SSSR count). The van der Waals surface area contributed by atoms with Crippen molar-refractivity contribution in [1.29, 1.82) is 0 Å². The molecule has 0 fully saturated rings. The molecule has 0 aliphatic rings. The van der Waals surface area contributed by atoms with Crippen LogP contribution in [0.1, 0.15) is 57.3 Å². The lowest BCUT2D eigenvalue weighted by atomic mass is 10.0. The largest absolute Gasteiger partial charge is 0.367 e. The van der Waals surface area contributed by atoms with Gasteiger partial charge in [0.1, 0.15) is 5.82 Å². The number of pyridine rings is 1. The average molecular weight is 248 g/mol. The molecule has 0 aliphatic heterocycles. The number of carbonyl (C=O) groups excluding carboxylic acids is 1. The van der Waals surface area contributed by atoms with Crippen LogP contribution in [0.25, 0.3) is 0 Å². The number of ketones is 1. The molecule has 0 saturated heterocycles. The summed E-state index contributed by atoms with van der Waals surface area (Å²) < 4.78 is 0. The Morgan fingerprint density at radius 2 is 2.00 bits per heavy atom. The van der Waals surface area contributed by atoms with Gasteiger partial charge in [0.2, 0.25) is 0 Å². The van der Waals surface area contributed by atoms with Gasteiger partial charge in [-0.3, -0.25) is 4.79 Å². The number of carbonyl (C=O) groups is 1. The van der Waals surface area contributed by atoms with Gasteiger partial charge in [0.25, 0.3) is 0 Å². The SMILES string of the molecule is CCC(CC)Nc1ncccc1C(=O)CC(C)C. The van der Waals surface area contributed by atoms with Crippen molar-refractivity contribution in [2.45, 2.75) is 53.0 Å². The number of hydrogen-bond donors (Lipinski definition) is 1. The van der Waals surface area contributed by atoms with Crippen LogP contribution >= 0.6 is 0 Å². The first-order valence-corrected chi connectivity index (χ1v) is 6.83. The maximum atomic E-state index is 12.2. The van der Waals surface area contributed by atoms with Crippen molar-refractivity contribution in [1.82, 2.24) is 4.98 Å². The van der Waals surface area contributed by atoms with Gasteiger partial charge in [-0.1, -0.05) is 27.7 Å². The third-order valence-corrected chi connectivity index (χ3v) is 3.03. The Balaban J connectivity index is 2.88. The van der Waals surface area contributed by atoms with Crippen molar-refractivity contribution in [3.8, 4) is 0 Å². The molecule has 3 nitrogen and oxygen atoms in total. The van der Waals surface area contributed by atoms with Gasteiger partial charge in [-0.25, -0.2) is 4.98 Å². The topological polar surface area (TPSA) is 42.0 Å². The zero-order valence-corrected chi connectivity index (χ0v) is 11.9. The molecule has 3 heteroatoms. The fourth-order valence-electron chi connectivity index (χ4n) is 1.91. The molecule has 0 aromatic carbocycles. The predicted octanol–water partition coefficient (Wildman–Crippen LogP) is 3.91. The normalized spacial score (nSPS) is 11.0. The molecule has 1 aromatic heterocycles. The second-order valence-electron chi connectivity index (χ2n) is 5.08. The fourth-order valence-corrected chi connectivity index (χ4v) is 1.91.